The van der Waals surface area contributed by atoms with Crippen LogP contribution >= 0.6 is 0 Å². The molecule has 0 bridgehead atoms. The van der Waals surface area contributed by atoms with Gasteiger partial charge in [0.2, 0.25) is 6.29 Å². The quantitative estimate of drug-likeness (QED) is 0.310. The lowest BCUT2D eigenvalue weighted by atomic mass is 10.1. The van der Waals surface area contributed by atoms with Crippen LogP contribution in [0.1, 0.15) is 32.1 Å². The van der Waals surface area contributed by atoms with Gasteiger partial charge in [-0.15, -0.1) is 6.58 Å². The fourth-order valence-electron chi connectivity index (χ4n) is 0.859. The summed E-state index contributed by atoms with van der Waals surface area (Å²) in [4.78, 5) is 9.71. The maximum Gasteiger partial charge on any atom is 0.225 e. The van der Waals surface area contributed by atoms with Crippen LogP contribution in [0.4, 0.5) is 0 Å². The molecule has 11 heavy (non-hydrogen) atoms. The molecule has 0 heterocycles. The van der Waals surface area contributed by atoms with Gasteiger partial charge < -0.3 is 0 Å². The third-order valence-electron chi connectivity index (χ3n) is 1.46. The number of hydrogen-bond acceptors (Lipinski definition) is 1. The highest BCUT2D eigenvalue weighted by Gasteiger charge is 1.84. The van der Waals surface area contributed by atoms with E-state index in [2.05, 4.69) is 6.58 Å². The van der Waals surface area contributed by atoms with Gasteiger partial charge in [0, 0.05) is 0 Å². The minimum absolute atomic E-state index is 0.992. The highest BCUT2D eigenvalue weighted by Crippen LogP contribution is 2.03. The fourth-order valence-corrected chi connectivity index (χ4v) is 0.859. The third kappa shape index (κ3) is 9.15. The monoisotopic (exact) mass is 151 g/mol. The van der Waals surface area contributed by atoms with E-state index in [4.69, 9.17) is 0 Å². The van der Waals surface area contributed by atoms with E-state index in [1.807, 2.05) is 12.2 Å². The van der Waals surface area contributed by atoms with Crippen LogP contribution in [0.15, 0.2) is 24.8 Å². The van der Waals surface area contributed by atoms with E-state index in [0.717, 1.165) is 19.3 Å². The van der Waals surface area contributed by atoms with Crippen molar-refractivity contribution in [2.24, 2.45) is 0 Å². The molecule has 0 aliphatic carbocycles. The predicted octanol–water partition coefficient (Wildman–Crippen LogP) is 2.79. The van der Waals surface area contributed by atoms with Crippen LogP contribution in [-0.4, -0.2) is 6.29 Å². The average Bonchev–Trinajstić information content (AvgIpc) is 2.03. The first-order valence-electron chi connectivity index (χ1n) is 4.05. The molecule has 1 nitrogen and oxygen atoms in total. The van der Waals surface area contributed by atoms with Crippen molar-refractivity contribution >= 4 is 6.29 Å². The van der Waals surface area contributed by atoms with Crippen molar-refractivity contribution in [1.29, 1.82) is 0 Å². The van der Waals surface area contributed by atoms with Gasteiger partial charge in [0.05, 0.1) is 0 Å². The molecule has 0 aromatic heterocycles. The summed E-state index contributed by atoms with van der Waals surface area (Å²) in [5, 5.41) is 0. The van der Waals surface area contributed by atoms with Gasteiger partial charge in [-0.1, -0.05) is 18.6 Å². The highest BCUT2D eigenvalue weighted by atomic mass is 16.1. The van der Waals surface area contributed by atoms with Gasteiger partial charge >= 0.3 is 0 Å². The van der Waals surface area contributed by atoms with Crippen molar-refractivity contribution in [3.63, 3.8) is 0 Å². The van der Waals surface area contributed by atoms with Crippen LogP contribution in [0.5, 0.6) is 0 Å². The molecule has 61 valence electrons. The Balaban J connectivity index is 2.95. The van der Waals surface area contributed by atoms with Gasteiger partial charge in [-0.2, -0.15) is 0 Å². The molecule has 0 aliphatic heterocycles. The first kappa shape index (κ1) is 10.2. The topological polar surface area (TPSA) is 17.1 Å². The van der Waals surface area contributed by atoms with Crippen LogP contribution < -0.4 is 0 Å². The van der Waals surface area contributed by atoms with Crippen molar-refractivity contribution in [3.05, 3.63) is 24.8 Å². The Hall–Kier alpha value is -0.850. The lowest BCUT2D eigenvalue weighted by molar-refractivity contribution is 0.564. The molecule has 0 aromatic carbocycles. The zero-order chi connectivity index (χ0) is 8.36. The smallest absolute Gasteiger partial charge is 0.225 e. The number of rotatable bonds is 7. The second-order valence-corrected chi connectivity index (χ2v) is 2.45. The van der Waals surface area contributed by atoms with Gasteiger partial charge in [-0.3, -0.25) is 4.79 Å². The van der Waals surface area contributed by atoms with Crippen molar-refractivity contribution in [2.75, 3.05) is 0 Å². The van der Waals surface area contributed by atoms with Crippen LogP contribution in [-0.2, 0) is 4.79 Å². The van der Waals surface area contributed by atoms with E-state index >= 15 is 0 Å². The summed E-state index contributed by atoms with van der Waals surface area (Å²) in [7, 11) is 0. The van der Waals surface area contributed by atoms with Crippen molar-refractivity contribution in [2.45, 2.75) is 32.1 Å². The summed E-state index contributed by atoms with van der Waals surface area (Å²) >= 11 is 0. The Kier molecular flexibility index (Phi) is 8.44. The Morgan fingerprint density at radius 1 is 1.18 bits per heavy atom. The van der Waals surface area contributed by atoms with E-state index in [1.165, 1.54) is 18.9 Å². The minimum Gasteiger partial charge on any atom is -0.286 e. The second kappa shape index (κ2) is 9.15. The minimum atomic E-state index is 0.992. The van der Waals surface area contributed by atoms with Gasteiger partial charge in [-0.25, -0.2) is 0 Å². The zero-order valence-electron chi connectivity index (χ0n) is 6.88. The molecule has 0 N–H and O–H groups in total. The van der Waals surface area contributed by atoms with E-state index in [0.29, 0.717) is 0 Å². The second-order valence-electron chi connectivity index (χ2n) is 2.45. The molecule has 0 saturated heterocycles. The molecule has 0 unspecified atom stereocenters. The average molecular weight is 151 g/mol. The van der Waals surface area contributed by atoms with Crippen LogP contribution in [0, 0.1) is 0 Å². The molecule has 1 heteroatoms. The first-order chi connectivity index (χ1) is 5.41. The molecule has 0 fully saturated rings. The SMILES string of the molecule is C=CCCCCCC=C[C]=O. The maximum absolute atomic E-state index is 9.71. The van der Waals surface area contributed by atoms with E-state index in [9.17, 15) is 4.79 Å². The van der Waals surface area contributed by atoms with E-state index in [1.54, 1.807) is 6.29 Å². The molecule has 0 amide bonds. The summed E-state index contributed by atoms with van der Waals surface area (Å²) < 4.78 is 0. The maximum atomic E-state index is 9.71. The fraction of sp³-hybridized carbons (Fsp3) is 0.500. The molecule has 0 saturated carbocycles. The number of hydrogen-bond donors (Lipinski definition) is 0. The van der Waals surface area contributed by atoms with Crippen molar-refractivity contribution in [1.82, 2.24) is 0 Å². The summed E-state index contributed by atoms with van der Waals surface area (Å²) in [6.07, 6.45) is 12.6. The number of carbonyl (C=O) groups excluding carboxylic acids is 1. The number of allylic oxidation sites excluding steroid dienone is 3. The number of unbranched alkanes of at least 4 members (excludes halogenated alkanes) is 4. The zero-order valence-corrected chi connectivity index (χ0v) is 6.88. The lowest BCUT2D eigenvalue weighted by Gasteiger charge is -1.93. The summed E-state index contributed by atoms with van der Waals surface area (Å²) in [6, 6.07) is 0. The van der Waals surface area contributed by atoms with Gasteiger partial charge in [0.1, 0.15) is 0 Å². The van der Waals surface area contributed by atoms with Gasteiger partial charge in [0.15, 0.2) is 0 Å². The molecule has 1 radical (unpaired) electrons. The first-order valence-corrected chi connectivity index (χ1v) is 4.05. The van der Waals surface area contributed by atoms with Crippen LogP contribution in [0.3, 0.4) is 0 Å². The molecular formula is C10H15O. The van der Waals surface area contributed by atoms with Gasteiger partial charge in [-0.05, 0) is 31.8 Å². The van der Waals surface area contributed by atoms with Gasteiger partial charge in [0.25, 0.3) is 0 Å². The predicted molar refractivity (Wildman–Crippen MR) is 48.1 cm³/mol. The molecule has 0 rings (SSSR count). The summed E-state index contributed by atoms with van der Waals surface area (Å²) in [5.74, 6) is 0. The Morgan fingerprint density at radius 2 is 1.91 bits per heavy atom. The molecule has 0 spiro atoms. The van der Waals surface area contributed by atoms with Crippen molar-refractivity contribution in [3.8, 4) is 0 Å². The molecular weight excluding hydrogens is 136 g/mol. The summed E-state index contributed by atoms with van der Waals surface area (Å²) in [5.41, 5.74) is 0. The van der Waals surface area contributed by atoms with Crippen LogP contribution in [0.25, 0.3) is 0 Å². The van der Waals surface area contributed by atoms with E-state index < -0.39 is 0 Å². The lowest BCUT2D eigenvalue weighted by Crippen LogP contribution is -1.74. The Bertz CT molecular complexity index is 125. The Morgan fingerprint density at radius 3 is 2.55 bits per heavy atom. The standard InChI is InChI=1S/C10H15O/c1-2-3-4-5-6-7-8-9-10-11/h2,8-9H,1,3-7H2. The van der Waals surface area contributed by atoms with Crippen LogP contribution in [0.2, 0.25) is 0 Å². The largest absolute Gasteiger partial charge is 0.286 e. The molecule has 0 aliphatic rings. The highest BCUT2D eigenvalue weighted by molar-refractivity contribution is 5.65. The molecule has 0 atom stereocenters. The third-order valence-corrected chi connectivity index (χ3v) is 1.46. The Labute approximate surface area is 68.8 Å². The normalized spacial score (nSPS) is 10.2. The van der Waals surface area contributed by atoms with Crippen molar-refractivity contribution < 1.29 is 4.79 Å². The van der Waals surface area contributed by atoms with E-state index in [-0.39, 0.29) is 0 Å². The molecule has 0 aromatic rings. The summed E-state index contributed by atoms with van der Waals surface area (Å²) in [6.45, 7) is 3.64.